The molecule has 7 rings (SSSR count). The van der Waals surface area contributed by atoms with Crippen molar-refractivity contribution in [2.45, 2.75) is 26.2 Å². The number of rotatable bonds is 7. The molecule has 3 aromatic carbocycles. The van der Waals surface area contributed by atoms with E-state index in [1.54, 1.807) is 49.4 Å². The third-order valence-corrected chi connectivity index (χ3v) is 11.1. The first kappa shape index (κ1) is 32.6. The van der Waals surface area contributed by atoms with E-state index >= 15 is 0 Å². The maximum Gasteiger partial charge on any atom is 0.241 e. The molecule has 0 radical (unpaired) electrons. The molecular formula is C38H34ClFN2O7. The maximum absolute atomic E-state index is 14.5. The molecule has 3 aromatic rings. The Bertz CT molecular complexity index is 1960. The lowest BCUT2D eigenvalue weighted by Gasteiger charge is -2.47. The number of fused-ring (bicyclic) bond motifs is 4. The van der Waals surface area contributed by atoms with Gasteiger partial charge < -0.3 is 14.9 Å². The smallest absolute Gasteiger partial charge is 0.241 e. The minimum Gasteiger partial charge on any atom is -0.508 e. The van der Waals surface area contributed by atoms with Crippen molar-refractivity contribution in [3.05, 3.63) is 100 Å². The summed E-state index contributed by atoms with van der Waals surface area (Å²) in [7, 11) is 1.44. The number of hydrogen-bond donors (Lipinski definition) is 2. The van der Waals surface area contributed by atoms with Gasteiger partial charge in [0.2, 0.25) is 23.6 Å². The predicted molar refractivity (Wildman–Crippen MR) is 179 cm³/mol. The maximum atomic E-state index is 14.5. The van der Waals surface area contributed by atoms with Crippen molar-refractivity contribution in [2.75, 3.05) is 18.6 Å². The number of anilines is 1. The molecule has 2 saturated heterocycles. The fourth-order valence-corrected chi connectivity index (χ4v) is 8.46. The van der Waals surface area contributed by atoms with Gasteiger partial charge in [0.15, 0.2) is 11.5 Å². The summed E-state index contributed by atoms with van der Waals surface area (Å²) in [5.74, 6) is -5.05. The molecule has 9 nitrogen and oxygen atoms in total. The van der Waals surface area contributed by atoms with Gasteiger partial charge in [0.05, 0.1) is 41.0 Å². The lowest BCUT2D eigenvalue weighted by molar-refractivity contribution is -0.140. The van der Waals surface area contributed by atoms with E-state index in [1.807, 2.05) is 12.2 Å². The molecule has 11 heteroatoms. The van der Waals surface area contributed by atoms with E-state index in [1.165, 1.54) is 30.2 Å². The van der Waals surface area contributed by atoms with E-state index in [9.17, 15) is 33.8 Å². The van der Waals surface area contributed by atoms with Crippen LogP contribution in [0.25, 0.3) is 6.08 Å². The number of ether oxygens (including phenoxy) is 1. The normalized spacial score (nSPS) is 27.8. The minimum absolute atomic E-state index is 0.0324. The zero-order valence-corrected chi connectivity index (χ0v) is 27.6. The Morgan fingerprint density at radius 1 is 0.980 bits per heavy atom. The molecule has 6 atom stereocenters. The Kier molecular flexibility index (Phi) is 8.10. The number of aromatic hydroxyl groups is 2. The van der Waals surface area contributed by atoms with E-state index in [0.717, 1.165) is 22.1 Å². The van der Waals surface area contributed by atoms with Gasteiger partial charge >= 0.3 is 0 Å². The van der Waals surface area contributed by atoms with Crippen LogP contribution in [0.3, 0.4) is 0 Å². The highest BCUT2D eigenvalue weighted by molar-refractivity contribution is 6.31. The number of phenols is 2. The van der Waals surface area contributed by atoms with Crippen molar-refractivity contribution < 1.29 is 38.5 Å². The highest BCUT2D eigenvalue weighted by Gasteiger charge is 2.66. The van der Waals surface area contributed by atoms with E-state index in [0.29, 0.717) is 18.4 Å². The molecule has 2 aliphatic carbocycles. The number of imide groups is 2. The number of hydrogen-bond acceptors (Lipinski definition) is 7. The fourth-order valence-electron chi connectivity index (χ4n) is 8.28. The second-order valence-electron chi connectivity index (χ2n) is 13.3. The van der Waals surface area contributed by atoms with Gasteiger partial charge in [0.1, 0.15) is 11.6 Å². The number of carbonyl (C=O) groups excluding carboxylic acids is 4. The van der Waals surface area contributed by atoms with Crippen molar-refractivity contribution >= 4 is 47.0 Å². The summed E-state index contributed by atoms with van der Waals surface area (Å²) >= 11 is 6.07. The molecule has 2 N–H and O–H groups in total. The van der Waals surface area contributed by atoms with Crippen molar-refractivity contribution in [1.29, 1.82) is 0 Å². The monoisotopic (exact) mass is 684 g/mol. The van der Waals surface area contributed by atoms with Crippen LogP contribution in [0, 0.1) is 40.8 Å². The van der Waals surface area contributed by atoms with Gasteiger partial charge in [-0.05, 0) is 85.7 Å². The molecule has 3 fully saturated rings. The van der Waals surface area contributed by atoms with Gasteiger partial charge in [-0.3, -0.25) is 24.1 Å². The molecule has 6 unspecified atom stereocenters. The number of allylic oxidation sites excluding steroid dienone is 3. The number of likely N-dealkylation sites (tertiary alicyclic amines) is 1. The highest BCUT2D eigenvalue weighted by atomic mass is 35.5. The number of phenolic OH excluding ortho intramolecular Hbond substituents is 2. The number of methoxy groups -OCH3 is 1. The molecule has 2 aliphatic heterocycles. The molecule has 4 amide bonds. The van der Waals surface area contributed by atoms with E-state index in [2.05, 4.69) is 0 Å². The Hall–Kier alpha value is -4.96. The Morgan fingerprint density at radius 2 is 1.73 bits per heavy atom. The van der Waals surface area contributed by atoms with Gasteiger partial charge in [0.25, 0.3) is 0 Å². The number of benzene rings is 3. The van der Waals surface area contributed by atoms with Crippen molar-refractivity contribution in [3.63, 3.8) is 0 Å². The van der Waals surface area contributed by atoms with Crippen LogP contribution in [0.1, 0.15) is 30.9 Å². The summed E-state index contributed by atoms with van der Waals surface area (Å²) in [6.07, 6.45) is 6.53. The average molecular weight is 685 g/mol. The topological polar surface area (TPSA) is 124 Å². The van der Waals surface area contributed by atoms with Crippen LogP contribution in [-0.2, 0) is 25.6 Å². The lowest BCUT2D eigenvalue weighted by atomic mass is 9.52. The van der Waals surface area contributed by atoms with E-state index in [-0.39, 0.29) is 52.7 Å². The SMILES string of the molecule is COc1cc(C=CC2C3=CCC4C(=O)N(CCc5ccc(O)cc5)C(=O)C4C3CC3C(=O)N(c4ccc(F)c(Cl)c4)C(=O)C23C)ccc1O. The van der Waals surface area contributed by atoms with Crippen LogP contribution in [0.4, 0.5) is 10.1 Å². The fraction of sp³-hybridized carbons (Fsp3) is 0.316. The average Bonchev–Trinajstić information content (AvgIpc) is 3.45. The van der Waals surface area contributed by atoms with Crippen LogP contribution in [0.5, 0.6) is 17.2 Å². The van der Waals surface area contributed by atoms with Crippen molar-refractivity contribution in [1.82, 2.24) is 4.90 Å². The molecule has 2 heterocycles. The van der Waals surface area contributed by atoms with E-state index in [4.69, 9.17) is 16.3 Å². The third-order valence-electron chi connectivity index (χ3n) is 10.8. The zero-order chi connectivity index (χ0) is 34.8. The first-order valence-corrected chi connectivity index (χ1v) is 16.5. The first-order valence-electron chi connectivity index (χ1n) is 16.2. The minimum atomic E-state index is -1.27. The summed E-state index contributed by atoms with van der Waals surface area (Å²) in [5.41, 5.74) is 1.26. The number of nitrogens with zero attached hydrogens (tertiary/aromatic N) is 2. The van der Waals surface area contributed by atoms with Gasteiger partial charge in [-0.1, -0.05) is 53.6 Å². The summed E-state index contributed by atoms with van der Waals surface area (Å²) in [4.78, 5) is 58.9. The van der Waals surface area contributed by atoms with Gasteiger partial charge in [0, 0.05) is 12.5 Å². The zero-order valence-electron chi connectivity index (χ0n) is 26.8. The third kappa shape index (κ3) is 5.20. The standard InChI is InChI=1S/C38H34ClFN2O7/c1-38-27(12-5-21-6-14-31(44)32(17-21)49-2)24-10-11-25-33(36(47)41(34(25)45)16-15-20-3-8-23(43)9-4-20)26(24)19-28(38)35(46)42(37(38)48)22-7-13-30(40)29(39)18-22/h3-10,12-14,17-18,25-28,33,43-44H,11,15-16,19H2,1-2H3. The molecule has 0 aromatic heterocycles. The van der Waals surface area contributed by atoms with Crippen molar-refractivity contribution in [3.8, 4) is 17.2 Å². The number of amides is 4. The number of halogens is 2. The van der Waals surface area contributed by atoms with E-state index < -0.39 is 52.6 Å². The Morgan fingerprint density at radius 3 is 2.45 bits per heavy atom. The molecule has 0 spiro atoms. The molecule has 0 bridgehead atoms. The molecular weight excluding hydrogens is 651 g/mol. The molecule has 1 saturated carbocycles. The van der Waals surface area contributed by atoms with Gasteiger partial charge in [-0.25, -0.2) is 9.29 Å². The van der Waals surface area contributed by atoms with Crippen LogP contribution in [0.15, 0.2) is 78.4 Å². The van der Waals surface area contributed by atoms with Crippen LogP contribution < -0.4 is 9.64 Å². The summed E-state index contributed by atoms with van der Waals surface area (Å²) in [6.45, 7) is 1.94. The molecule has 4 aliphatic rings. The Balaban J connectivity index is 1.27. The molecule has 49 heavy (non-hydrogen) atoms. The number of carbonyl (C=O) groups is 4. The molecule has 252 valence electrons. The second kappa shape index (κ2) is 12.2. The quantitative estimate of drug-likeness (QED) is 0.234. The summed E-state index contributed by atoms with van der Waals surface area (Å²) in [6, 6.07) is 15.2. The van der Waals surface area contributed by atoms with Gasteiger partial charge in [-0.2, -0.15) is 0 Å². The lowest BCUT2D eigenvalue weighted by Crippen LogP contribution is -2.49. The highest BCUT2D eigenvalue weighted by Crippen LogP contribution is 2.61. The van der Waals surface area contributed by atoms with Crippen LogP contribution in [0.2, 0.25) is 5.02 Å². The largest absolute Gasteiger partial charge is 0.508 e. The predicted octanol–water partition coefficient (Wildman–Crippen LogP) is 5.92. The first-order chi connectivity index (χ1) is 23.4. The van der Waals surface area contributed by atoms with Crippen LogP contribution in [-0.4, -0.2) is 52.4 Å². The summed E-state index contributed by atoms with van der Waals surface area (Å²) < 4.78 is 19.4. The van der Waals surface area contributed by atoms with Crippen molar-refractivity contribution in [2.24, 2.45) is 35.0 Å². The van der Waals surface area contributed by atoms with Gasteiger partial charge in [-0.15, -0.1) is 0 Å². The second-order valence-corrected chi connectivity index (χ2v) is 13.7. The summed E-state index contributed by atoms with van der Waals surface area (Å²) in [5, 5.41) is 19.5. The Labute approximate surface area is 287 Å². The van der Waals surface area contributed by atoms with Crippen LogP contribution >= 0.6 is 11.6 Å².